The number of alkyl halides is 3. The van der Waals surface area contributed by atoms with E-state index in [1.165, 1.54) is 24.3 Å². The van der Waals surface area contributed by atoms with Crippen LogP contribution in [0.4, 0.5) is 18.3 Å². The van der Waals surface area contributed by atoms with Crippen molar-refractivity contribution in [3.63, 3.8) is 0 Å². The molecule has 4 nitrogen and oxygen atoms in total. The maximum absolute atomic E-state index is 12.7. The third-order valence-electron chi connectivity index (χ3n) is 3.04. The Labute approximate surface area is 132 Å². The minimum Gasteiger partial charge on any atom is -0.508 e. The monoisotopic (exact) mass is 338 g/mol. The third-order valence-corrected chi connectivity index (χ3v) is 3.98. The van der Waals surface area contributed by atoms with Crippen LogP contribution in [0.3, 0.4) is 0 Å². The van der Waals surface area contributed by atoms with E-state index in [1.807, 2.05) is 0 Å². The number of aromatic nitrogens is 1. The first kappa shape index (κ1) is 15.3. The number of carbonyl (C=O) groups is 1. The molecule has 8 heteroatoms. The van der Waals surface area contributed by atoms with E-state index < -0.39 is 17.6 Å². The van der Waals surface area contributed by atoms with Gasteiger partial charge in [-0.05, 0) is 36.4 Å². The molecule has 2 N–H and O–H groups in total. The zero-order chi connectivity index (χ0) is 16.6. The molecule has 3 aromatic rings. The Bertz CT molecular complexity index is 890. The van der Waals surface area contributed by atoms with Crippen molar-refractivity contribution in [1.82, 2.24) is 4.98 Å². The Hall–Kier alpha value is -2.61. The van der Waals surface area contributed by atoms with Crippen LogP contribution >= 0.6 is 11.3 Å². The van der Waals surface area contributed by atoms with E-state index in [4.69, 9.17) is 0 Å². The van der Waals surface area contributed by atoms with Crippen molar-refractivity contribution >= 4 is 32.6 Å². The molecule has 0 radical (unpaired) electrons. The number of fused-ring (bicyclic) bond motifs is 1. The standard InChI is InChI=1S/C15H9F3N2O2S/c16-15(17,18)9-3-1-2-8(6-9)13(22)20-14-19-11-5-4-10(21)7-12(11)23-14/h1-7,21H,(H,19,20,22). The molecule has 0 aliphatic heterocycles. The fraction of sp³-hybridized carbons (Fsp3) is 0.0667. The first-order valence-corrected chi connectivity index (χ1v) is 7.23. The van der Waals surface area contributed by atoms with Gasteiger partial charge in [-0.15, -0.1) is 0 Å². The van der Waals surface area contributed by atoms with E-state index in [9.17, 15) is 23.1 Å². The van der Waals surface area contributed by atoms with Gasteiger partial charge in [0, 0.05) is 5.56 Å². The molecule has 0 aliphatic rings. The zero-order valence-corrected chi connectivity index (χ0v) is 12.2. The van der Waals surface area contributed by atoms with E-state index >= 15 is 0 Å². The van der Waals surface area contributed by atoms with Gasteiger partial charge in [0.15, 0.2) is 5.13 Å². The number of amides is 1. The molecule has 0 spiro atoms. The molecule has 2 aromatic carbocycles. The normalized spacial score (nSPS) is 11.6. The summed E-state index contributed by atoms with van der Waals surface area (Å²) < 4.78 is 38.7. The molecule has 3 rings (SSSR count). The summed E-state index contributed by atoms with van der Waals surface area (Å²) in [4.78, 5) is 16.2. The SMILES string of the molecule is O=C(Nc1nc2ccc(O)cc2s1)c1cccc(C(F)(F)F)c1. The van der Waals surface area contributed by atoms with E-state index in [-0.39, 0.29) is 16.4 Å². The van der Waals surface area contributed by atoms with Crippen molar-refractivity contribution in [3.05, 3.63) is 53.6 Å². The van der Waals surface area contributed by atoms with Crippen LogP contribution in [-0.4, -0.2) is 16.0 Å². The van der Waals surface area contributed by atoms with Gasteiger partial charge in [0.05, 0.1) is 15.8 Å². The molecular formula is C15H9F3N2O2S. The lowest BCUT2D eigenvalue weighted by molar-refractivity contribution is -0.137. The Kier molecular flexibility index (Phi) is 3.69. The first-order valence-electron chi connectivity index (χ1n) is 6.41. The highest BCUT2D eigenvalue weighted by Gasteiger charge is 2.30. The van der Waals surface area contributed by atoms with Crippen LogP contribution in [0.1, 0.15) is 15.9 Å². The number of carbonyl (C=O) groups excluding carboxylic acids is 1. The van der Waals surface area contributed by atoms with Gasteiger partial charge in [0.25, 0.3) is 5.91 Å². The molecule has 0 unspecified atom stereocenters. The minimum atomic E-state index is -4.51. The topological polar surface area (TPSA) is 62.2 Å². The quantitative estimate of drug-likeness (QED) is 0.733. The zero-order valence-electron chi connectivity index (χ0n) is 11.4. The highest BCUT2D eigenvalue weighted by Crippen LogP contribution is 2.31. The number of rotatable bonds is 2. The van der Waals surface area contributed by atoms with Gasteiger partial charge in [0.1, 0.15) is 5.75 Å². The van der Waals surface area contributed by atoms with Crippen LogP contribution in [0, 0.1) is 0 Å². The number of phenolic OH excluding ortho intramolecular Hbond substituents is 1. The molecule has 0 atom stereocenters. The Morgan fingerprint density at radius 1 is 1.17 bits per heavy atom. The van der Waals surface area contributed by atoms with Crippen LogP contribution < -0.4 is 5.32 Å². The third kappa shape index (κ3) is 3.26. The molecule has 1 aromatic heterocycles. The van der Waals surface area contributed by atoms with Crippen LogP contribution in [0.5, 0.6) is 5.75 Å². The Balaban J connectivity index is 1.85. The highest BCUT2D eigenvalue weighted by molar-refractivity contribution is 7.22. The van der Waals surface area contributed by atoms with Gasteiger partial charge in [-0.3, -0.25) is 10.1 Å². The Morgan fingerprint density at radius 2 is 1.96 bits per heavy atom. The molecule has 0 saturated carbocycles. The predicted octanol–water partition coefficient (Wildman–Crippen LogP) is 4.27. The van der Waals surface area contributed by atoms with Crippen molar-refractivity contribution in [1.29, 1.82) is 0 Å². The fourth-order valence-electron chi connectivity index (χ4n) is 1.97. The van der Waals surface area contributed by atoms with E-state index in [1.54, 1.807) is 6.07 Å². The summed E-state index contributed by atoms with van der Waals surface area (Å²) >= 11 is 1.12. The van der Waals surface area contributed by atoms with Crippen molar-refractivity contribution in [3.8, 4) is 5.75 Å². The molecule has 0 fully saturated rings. The second kappa shape index (κ2) is 5.54. The van der Waals surface area contributed by atoms with Crippen molar-refractivity contribution in [2.24, 2.45) is 0 Å². The summed E-state index contributed by atoms with van der Waals surface area (Å²) in [6, 6.07) is 8.69. The lowest BCUT2D eigenvalue weighted by Gasteiger charge is -2.08. The molecule has 23 heavy (non-hydrogen) atoms. The molecular weight excluding hydrogens is 329 g/mol. The summed E-state index contributed by atoms with van der Waals surface area (Å²) in [5.74, 6) is -0.615. The van der Waals surface area contributed by atoms with Gasteiger partial charge in [0.2, 0.25) is 0 Å². The number of thiazole rings is 1. The van der Waals surface area contributed by atoms with Gasteiger partial charge in [-0.2, -0.15) is 13.2 Å². The summed E-state index contributed by atoms with van der Waals surface area (Å²) in [6.45, 7) is 0. The van der Waals surface area contributed by atoms with Gasteiger partial charge in [-0.25, -0.2) is 4.98 Å². The second-order valence-corrected chi connectivity index (χ2v) is 5.73. The molecule has 1 amide bonds. The van der Waals surface area contributed by atoms with E-state index in [2.05, 4.69) is 10.3 Å². The van der Waals surface area contributed by atoms with Crippen LogP contribution in [-0.2, 0) is 6.18 Å². The molecule has 1 heterocycles. The van der Waals surface area contributed by atoms with E-state index in [0.717, 1.165) is 23.5 Å². The molecule has 0 bridgehead atoms. The Morgan fingerprint density at radius 3 is 2.70 bits per heavy atom. The number of nitrogens with one attached hydrogen (secondary N) is 1. The number of hydrogen-bond acceptors (Lipinski definition) is 4. The van der Waals surface area contributed by atoms with Gasteiger partial charge < -0.3 is 5.11 Å². The number of anilines is 1. The summed E-state index contributed by atoms with van der Waals surface area (Å²) in [5, 5.41) is 12.1. The maximum Gasteiger partial charge on any atom is 0.416 e. The first-order chi connectivity index (χ1) is 10.8. The summed E-state index contributed by atoms with van der Waals surface area (Å²) in [7, 11) is 0. The van der Waals surface area contributed by atoms with Crippen LogP contribution in [0.15, 0.2) is 42.5 Å². The highest BCUT2D eigenvalue weighted by atomic mass is 32.1. The van der Waals surface area contributed by atoms with E-state index in [0.29, 0.717) is 10.2 Å². The minimum absolute atomic E-state index is 0.0666. The summed E-state index contributed by atoms with van der Waals surface area (Å²) in [5.41, 5.74) is -0.423. The maximum atomic E-state index is 12.7. The van der Waals surface area contributed by atoms with Crippen molar-refractivity contribution < 1.29 is 23.1 Å². The summed E-state index contributed by atoms with van der Waals surface area (Å²) in [6.07, 6.45) is -4.51. The number of hydrogen-bond donors (Lipinski definition) is 2. The van der Waals surface area contributed by atoms with Crippen LogP contribution in [0.25, 0.3) is 10.2 Å². The number of nitrogens with zero attached hydrogens (tertiary/aromatic N) is 1. The predicted molar refractivity (Wildman–Crippen MR) is 80.7 cm³/mol. The van der Waals surface area contributed by atoms with Crippen LogP contribution in [0.2, 0.25) is 0 Å². The number of benzene rings is 2. The largest absolute Gasteiger partial charge is 0.508 e. The fourth-order valence-corrected chi connectivity index (χ4v) is 2.87. The number of phenols is 1. The smallest absolute Gasteiger partial charge is 0.416 e. The molecule has 118 valence electrons. The second-order valence-electron chi connectivity index (χ2n) is 4.70. The lowest BCUT2D eigenvalue weighted by Crippen LogP contribution is -2.13. The number of halogens is 3. The lowest BCUT2D eigenvalue weighted by atomic mass is 10.1. The molecule has 0 aliphatic carbocycles. The van der Waals surface area contributed by atoms with Gasteiger partial charge in [-0.1, -0.05) is 17.4 Å². The average molecular weight is 338 g/mol. The van der Waals surface area contributed by atoms with Gasteiger partial charge >= 0.3 is 6.18 Å². The average Bonchev–Trinajstić information content (AvgIpc) is 2.87. The van der Waals surface area contributed by atoms with Crippen molar-refractivity contribution in [2.45, 2.75) is 6.18 Å². The molecule has 0 saturated heterocycles. The van der Waals surface area contributed by atoms with Crippen molar-refractivity contribution in [2.75, 3.05) is 5.32 Å². The number of aromatic hydroxyl groups is 1.